The van der Waals surface area contributed by atoms with Gasteiger partial charge in [-0.1, -0.05) is 30.3 Å². The van der Waals surface area contributed by atoms with Crippen molar-refractivity contribution in [1.29, 1.82) is 0 Å². The first-order chi connectivity index (χ1) is 14.6. The minimum atomic E-state index is -0.269. The Morgan fingerprint density at radius 3 is 2.30 bits per heavy atom. The van der Waals surface area contributed by atoms with E-state index in [-0.39, 0.29) is 24.3 Å². The second-order valence-corrected chi connectivity index (χ2v) is 8.94. The van der Waals surface area contributed by atoms with E-state index in [1.165, 1.54) is 9.78 Å². The van der Waals surface area contributed by atoms with Crippen LogP contribution in [0.1, 0.15) is 51.3 Å². The lowest BCUT2D eigenvalue weighted by molar-refractivity contribution is -0.132. The fraction of sp³-hybridized carbons (Fsp3) is 0.292. The molecule has 3 amide bonds. The van der Waals surface area contributed by atoms with Gasteiger partial charge in [-0.05, 0) is 48.2 Å². The highest BCUT2D eigenvalue weighted by Crippen LogP contribution is 2.31. The molecular formula is C24H22N2O3S. The number of carbonyl (C=O) groups is 3. The van der Waals surface area contributed by atoms with Crippen molar-refractivity contribution in [3.63, 3.8) is 0 Å². The maximum atomic E-state index is 13.0. The van der Waals surface area contributed by atoms with Crippen LogP contribution in [0.15, 0.2) is 53.9 Å². The SMILES string of the molecule is O=C1c2cccc3cccc(c23)C(=O)N1CCCC(=O)N(Cc1cccs1)C1CC1. The Morgan fingerprint density at radius 2 is 1.70 bits per heavy atom. The van der Waals surface area contributed by atoms with Gasteiger partial charge < -0.3 is 4.90 Å². The normalized spacial score (nSPS) is 15.7. The van der Waals surface area contributed by atoms with E-state index in [4.69, 9.17) is 0 Å². The van der Waals surface area contributed by atoms with Gasteiger partial charge >= 0.3 is 0 Å². The zero-order chi connectivity index (χ0) is 20.7. The van der Waals surface area contributed by atoms with Crippen LogP contribution in [0, 0.1) is 0 Å². The van der Waals surface area contributed by atoms with Crippen molar-refractivity contribution in [2.24, 2.45) is 0 Å². The summed E-state index contributed by atoms with van der Waals surface area (Å²) in [6.07, 6.45) is 2.93. The summed E-state index contributed by atoms with van der Waals surface area (Å²) in [4.78, 5) is 43.2. The highest BCUT2D eigenvalue weighted by molar-refractivity contribution is 7.09. The van der Waals surface area contributed by atoms with Gasteiger partial charge in [0.1, 0.15) is 0 Å². The number of thiophene rings is 1. The summed E-state index contributed by atoms with van der Waals surface area (Å²) in [6, 6.07) is 15.4. The summed E-state index contributed by atoms with van der Waals surface area (Å²) in [5, 5.41) is 3.66. The third kappa shape index (κ3) is 3.41. The van der Waals surface area contributed by atoms with Gasteiger partial charge in [0.25, 0.3) is 11.8 Å². The quantitative estimate of drug-likeness (QED) is 0.532. The second-order valence-electron chi connectivity index (χ2n) is 7.91. The first-order valence-electron chi connectivity index (χ1n) is 10.3. The molecule has 0 atom stereocenters. The van der Waals surface area contributed by atoms with E-state index in [2.05, 4.69) is 6.07 Å². The van der Waals surface area contributed by atoms with E-state index in [0.717, 1.165) is 23.6 Å². The number of benzene rings is 2. The van der Waals surface area contributed by atoms with Gasteiger partial charge in [-0.25, -0.2) is 0 Å². The molecule has 2 heterocycles. The van der Waals surface area contributed by atoms with Gasteiger partial charge in [0.15, 0.2) is 0 Å². The van der Waals surface area contributed by atoms with Crippen molar-refractivity contribution >= 4 is 39.8 Å². The Morgan fingerprint density at radius 1 is 1.00 bits per heavy atom. The molecule has 0 unspecified atom stereocenters. The van der Waals surface area contributed by atoms with Crippen molar-refractivity contribution in [1.82, 2.24) is 9.80 Å². The minimum absolute atomic E-state index is 0.102. The fourth-order valence-electron chi connectivity index (χ4n) is 4.19. The van der Waals surface area contributed by atoms with Crippen LogP contribution >= 0.6 is 11.3 Å². The van der Waals surface area contributed by atoms with Crippen LogP contribution in [0.25, 0.3) is 10.8 Å². The van der Waals surface area contributed by atoms with Crippen LogP contribution < -0.4 is 0 Å². The number of hydrogen-bond donors (Lipinski definition) is 0. The summed E-state index contributed by atoms with van der Waals surface area (Å²) < 4.78 is 0. The summed E-state index contributed by atoms with van der Waals surface area (Å²) in [6.45, 7) is 0.907. The van der Waals surface area contributed by atoms with Crippen LogP contribution in [-0.4, -0.2) is 40.1 Å². The second kappa shape index (κ2) is 7.69. The van der Waals surface area contributed by atoms with Gasteiger partial charge in [-0.3, -0.25) is 19.3 Å². The van der Waals surface area contributed by atoms with Crippen molar-refractivity contribution < 1.29 is 14.4 Å². The molecule has 6 heteroatoms. The Kier molecular flexibility index (Phi) is 4.87. The molecule has 1 aliphatic heterocycles. The van der Waals surface area contributed by atoms with Gasteiger partial charge in [0, 0.05) is 40.4 Å². The molecular weight excluding hydrogens is 396 g/mol. The number of carbonyl (C=O) groups excluding carboxylic acids is 3. The molecule has 0 spiro atoms. The van der Waals surface area contributed by atoms with E-state index in [1.807, 2.05) is 40.6 Å². The Hall–Kier alpha value is -2.99. The smallest absolute Gasteiger partial charge is 0.261 e. The van der Waals surface area contributed by atoms with Gasteiger partial charge in [-0.2, -0.15) is 0 Å². The van der Waals surface area contributed by atoms with E-state index in [9.17, 15) is 14.4 Å². The van der Waals surface area contributed by atoms with Crippen LogP contribution in [0.3, 0.4) is 0 Å². The lowest BCUT2D eigenvalue weighted by Crippen LogP contribution is -2.41. The van der Waals surface area contributed by atoms with Crippen molar-refractivity contribution in [2.45, 2.75) is 38.3 Å². The number of amides is 3. The number of nitrogens with zero attached hydrogens (tertiary/aromatic N) is 2. The average Bonchev–Trinajstić information content (AvgIpc) is 3.47. The Balaban J connectivity index is 1.27. The third-order valence-electron chi connectivity index (χ3n) is 5.84. The number of rotatable bonds is 7. The minimum Gasteiger partial charge on any atom is -0.335 e. The van der Waals surface area contributed by atoms with Crippen LogP contribution in [-0.2, 0) is 11.3 Å². The lowest BCUT2D eigenvalue weighted by atomic mass is 9.94. The van der Waals surface area contributed by atoms with Gasteiger partial charge in [0.2, 0.25) is 5.91 Å². The maximum Gasteiger partial charge on any atom is 0.261 e. The first kappa shape index (κ1) is 19.0. The largest absolute Gasteiger partial charge is 0.335 e. The average molecular weight is 419 g/mol. The standard InChI is InChI=1S/C24H22N2O3S/c27-21(26(17-11-12-17)15-18-7-4-14-30-18)10-3-13-25-23(28)19-8-1-5-16-6-2-9-20(22(16)19)24(25)29/h1-2,4-9,14,17H,3,10-13,15H2. The zero-order valence-electron chi connectivity index (χ0n) is 16.5. The molecule has 0 bridgehead atoms. The molecule has 152 valence electrons. The molecule has 1 saturated carbocycles. The van der Waals surface area contributed by atoms with E-state index in [1.54, 1.807) is 23.5 Å². The van der Waals surface area contributed by atoms with E-state index >= 15 is 0 Å². The fourth-order valence-corrected chi connectivity index (χ4v) is 4.90. The molecule has 0 N–H and O–H groups in total. The summed E-state index contributed by atoms with van der Waals surface area (Å²) >= 11 is 1.66. The van der Waals surface area contributed by atoms with Crippen molar-refractivity contribution in [3.8, 4) is 0 Å². The first-order valence-corrected chi connectivity index (χ1v) is 11.2. The number of hydrogen-bond acceptors (Lipinski definition) is 4. The summed E-state index contributed by atoms with van der Waals surface area (Å²) in [7, 11) is 0. The molecule has 30 heavy (non-hydrogen) atoms. The Bertz CT molecular complexity index is 1080. The van der Waals surface area contributed by atoms with Gasteiger partial charge in [-0.15, -0.1) is 11.3 Å². The van der Waals surface area contributed by atoms with E-state index < -0.39 is 0 Å². The molecule has 2 aromatic carbocycles. The summed E-state index contributed by atoms with van der Waals surface area (Å²) in [5.74, 6) is -0.436. The zero-order valence-corrected chi connectivity index (χ0v) is 17.4. The molecule has 1 aromatic heterocycles. The monoisotopic (exact) mass is 418 g/mol. The van der Waals surface area contributed by atoms with Crippen molar-refractivity contribution in [2.75, 3.05) is 6.54 Å². The van der Waals surface area contributed by atoms with Crippen LogP contribution in [0.2, 0.25) is 0 Å². The van der Waals surface area contributed by atoms with E-state index in [0.29, 0.717) is 36.6 Å². The highest BCUT2D eigenvalue weighted by atomic mass is 32.1. The summed E-state index contributed by atoms with van der Waals surface area (Å²) in [5.41, 5.74) is 1.12. The predicted molar refractivity (Wildman–Crippen MR) is 116 cm³/mol. The molecule has 3 aromatic rings. The molecule has 5 nitrogen and oxygen atoms in total. The highest BCUT2D eigenvalue weighted by Gasteiger charge is 2.34. The number of imide groups is 1. The molecule has 1 aliphatic carbocycles. The van der Waals surface area contributed by atoms with Crippen LogP contribution in [0.4, 0.5) is 0 Å². The topological polar surface area (TPSA) is 57.7 Å². The van der Waals surface area contributed by atoms with Gasteiger partial charge in [0.05, 0.1) is 6.54 Å². The third-order valence-corrected chi connectivity index (χ3v) is 6.70. The van der Waals surface area contributed by atoms with Crippen LogP contribution in [0.5, 0.6) is 0 Å². The molecule has 0 saturated heterocycles. The molecule has 2 aliphatic rings. The van der Waals surface area contributed by atoms with Crippen molar-refractivity contribution in [3.05, 3.63) is 69.9 Å². The molecule has 1 fully saturated rings. The molecule has 0 radical (unpaired) electrons. The lowest BCUT2D eigenvalue weighted by Gasteiger charge is -2.27. The predicted octanol–water partition coefficient (Wildman–Crippen LogP) is 4.47. The molecule has 5 rings (SSSR count). The maximum absolute atomic E-state index is 13.0. The Labute approximate surface area is 178 Å².